The Morgan fingerprint density at radius 1 is 1.62 bits per heavy atom. The highest BCUT2D eigenvalue weighted by Gasteiger charge is 2.29. The van der Waals surface area contributed by atoms with Crippen LogP contribution in [0.4, 0.5) is 13.2 Å². The number of carbonyl (C=O) groups excluding carboxylic acids is 1. The summed E-state index contributed by atoms with van der Waals surface area (Å²) in [6, 6.07) is 0. The van der Waals surface area contributed by atoms with Crippen LogP contribution in [0.5, 0.6) is 0 Å². The van der Waals surface area contributed by atoms with Gasteiger partial charge in [-0.2, -0.15) is 18.3 Å². The third kappa shape index (κ3) is 3.41. The third-order valence-electron chi connectivity index (χ3n) is 1.53. The second-order valence-electron chi connectivity index (χ2n) is 2.86. The first-order valence-electron chi connectivity index (χ1n) is 4.30. The number of aromatic nitrogens is 2. The predicted molar refractivity (Wildman–Crippen MR) is 49.2 cm³/mol. The van der Waals surface area contributed by atoms with E-state index < -0.39 is 18.7 Å². The molecular formula is C8H8ClF3N2O2. The second-order valence-corrected chi connectivity index (χ2v) is 3.27. The predicted octanol–water partition coefficient (Wildman–Crippen LogP) is 2.28. The molecule has 0 saturated heterocycles. The first-order chi connectivity index (χ1) is 7.33. The van der Waals surface area contributed by atoms with E-state index in [1.807, 2.05) is 0 Å². The van der Waals surface area contributed by atoms with Gasteiger partial charge in [-0.15, -0.1) is 0 Å². The molecular weight excluding hydrogens is 249 g/mol. The van der Waals surface area contributed by atoms with Crippen molar-refractivity contribution in [3.63, 3.8) is 0 Å². The van der Waals surface area contributed by atoms with Crippen LogP contribution in [0.2, 0.25) is 5.02 Å². The molecule has 0 aliphatic carbocycles. The molecule has 0 fully saturated rings. The number of hydrogen-bond acceptors (Lipinski definition) is 3. The number of carbonyl (C=O) groups is 1. The molecule has 0 unspecified atom stereocenters. The molecule has 0 saturated carbocycles. The van der Waals surface area contributed by atoms with E-state index >= 15 is 0 Å². The Morgan fingerprint density at radius 2 is 2.25 bits per heavy atom. The van der Waals surface area contributed by atoms with Crippen molar-refractivity contribution in [2.75, 3.05) is 6.61 Å². The molecule has 0 aliphatic rings. The van der Waals surface area contributed by atoms with Crippen molar-refractivity contribution in [3.8, 4) is 0 Å². The van der Waals surface area contributed by atoms with Crippen molar-refractivity contribution in [3.05, 3.63) is 16.9 Å². The van der Waals surface area contributed by atoms with Gasteiger partial charge in [-0.1, -0.05) is 11.6 Å². The Kier molecular flexibility index (Phi) is 3.79. The van der Waals surface area contributed by atoms with E-state index in [0.717, 1.165) is 6.20 Å². The maximum atomic E-state index is 12.0. The molecule has 0 bridgehead atoms. The van der Waals surface area contributed by atoms with Crippen LogP contribution in [0.1, 0.15) is 17.4 Å². The van der Waals surface area contributed by atoms with Crippen LogP contribution in [0, 0.1) is 0 Å². The minimum absolute atomic E-state index is 0.0985. The maximum Gasteiger partial charge on any atom is 0.408 e. The molecule has 16 heavy (non-hydrogen) atoms. The lowest BCUT2D eigenvalue weighted by Gasteiger charge is -2.05. The minimum atomic E-state index is -4.42. The van der Waals surface area contributed by atoms with Gasteiger partial charge in [0.15, 0.2) is 5.69 Å². The number of esters is 1. The van der Waals surface area contributed by atoms with Crippen LogP contribution in [0.25, 0.3) is 0 Å². The summed E-state index contributed by atoms with van der Waals surface area (Å²) in [5.74, 6) is -0.839. The van der Waals surface area contributed by atoms with Crippen LogP contribution < -0.4 is 0 Å². The highest BCUT2D eigenvalue weighted by Crippen LogP contribution is 2.20. The molecule has 4 nitrogen and oxygen atoms in total. The highest BCUT2D eigenvalue weighted by molar-refractivity contribution is 6.33. The molecule has 0 N–H and O–H groups in total. The van der Waals surface area contributed by atoms with E-state index in [4.69, 9.17) is 11.6 Å². The Morgan fingerprint density at radius 3 is 2.75 bits per heavy atom. The zero-order valence-electron chi connectivity index (χ0n) is 8.21. The van der Waals surface area contributed by atoms with E-state index in [1.54, 1.807) is 6.92 Å². The number of nitrogens with zero attached hydrogens (tertiary/aromatic N) is 2. The lowest BCUT2D eigenvalue weighted by Crippen LogP contribution is -2.18. The third-order valence-corrected chi connectivity index (χ3v) is 1.80. The molecule has 0 atom stereocenters. The number of alkyl halides is 3. The van der Waals surface area contributed by atoms with Gasteiger partial charge in [0.2, 0.25) is 0 Å². The molecule has 1 heterocycles. The normalized spacial score (nSPS) is 11.6. The summed E-state index contributed by atoms with van der Waals surface area (Å²) >= 11 is 5.55. The van der Waals surface area contributed by atoms with E-state index in [0.29, 0.717) is 4.68 Å². The molecule has 90 valence electrons. The summed E-state index contributed by atoms with van der Waals surface area (Å²) in [6.45, 7) is 0.367. The fraction of sp³-hybridized carbons (Fsp3) is 0.500. The molecule has 0 aromatic carbocycles. The summed E-state index contributed by atoms with van der Waals surface area (Å²) in [7, 11) is 0. The first-order valence-corrected chi connectivity index (χ1v) is 4.68. The number of ether oxygens (including phenoxy) is 1. The number of hydrogen-bond donors (Lipinski definition) is 0. The van der Waals surface area contributed by atoms with Gasteiger partial charge in [0.1, 0.15) is 6.54 Å². The summed E-state index contributed by atoms with van der Waals surface area (Å²) in [5.41, 5.74) is -0.312. The Balaban J connectivity index is 2.86. The van der Waals surface area contributed by atoms with Crippen LogP contribution in [0.15, 0.2) is 6.20 Å². The summed E-state index contributed by atoms with van der Waals surface area (Å²) in [6.07, 6.45) is -3.48. The van der Waals surface area contributed by atoms with Crippen molar-refractivity contribution in [2.45, 2.75) is 19.6 Å². The van der Waals surface area contributed by atoms with Gasteiger partial charge in [-0.3, -0.25) is 4.68 Å². The monoisotopic (exact) mass is 256 g/mol. The van der Waals surface area contributed by atoms with Crippen molar-refractivity contribution < 1.29 is 22.7 Å². The zero-order chi connectivity index (χ0) is 12.3. The van der Waals surface area contributed by atoms with Crippen LogP contribution in [-0.4, -0.2) is 28.5 Å². The van der Waals surface area contributed by atoms with E-state index in [-0.39, 0.29) is 17.3 Å². The van der Waals surface area contributed by atoms with Gasteiger partial charge < -0.3 is 4.74 Å². The number of rotatable bonds is 3. The van der Waals surface area contributed by atoms with Crippen molar-refractivity contribution in [1.82, 2.24) is 9.78 Å². The molecule has 8 heteroatoms. The Hall–Kier alpha value is -1.24. The molecule has 0 aliphatic heterocycles. The quantitative estimate of drug-likeness (QED) is 0.780. The highest BCUT2D eigenvalue weighted by atomic mass is 35.5. The first kappa shape index (κ1) is 12.8. The zero-order valence-corrected chi connectivity index (χ0v) is 8.97. The maximum absolute atomic E-state index is 12.0. The standard InChI is InChI=1S/C8H8ClF3N2O2/c1-2-16-7(15)6-5(9)3-14(13-6)4-8(10,11)12/h3H,2,4H2,1H3. The Labute approximate surface area is 93.9 Å². The number of halogens is 4. The van der Waals surface area contributed by atoms with Crippen molar-refractivity contribution in [1.29, 1.82) is 0 Å². The lowest BCUT2D eigenvalue weighted by molar-refractivity contribution is -0.142. The van der Waals surface area contributed by atoms with Gasteiger partial charge >= 0.3 is 12.1 Å². The second kappa shape index (κ2) is 4.73. The molecule has 1 aromatic rings. The lowest BCUT2D eigenvalue weighted by atomic mass is 10.4. The summed E-state index contributed by atoms with van der Waals surface area (Å²) in [5, 5.41) is 3.24. The van der Waals surface area contributed by atoms with E-state index in [9.17, 15) is 18.0 Å². The van der Waals surface area contributed by atoms with Crippen LogP contribution in [0.3, 0.4) is 0 Å². The minimum Gasteiger partial charge on any atom is -0.461 e. The largest absolute Gasteiger partial charge is 0.461 e. The smallest absolute Gasteiger partial charge is 0.408 e. The average Bonchev–Trinajstić information content (AvgIpc) is 2.44. The van der Waals surface area contributed by atoms with Gasteiger partial charge in [-0.05, 0) is 6.92 Å². The van der Waals surface area contributed by atoms with E-state index in [1.165, 1.54) is 0 Å². The topological polar surface area (TPSA) is 44.1 Å². The van der Waals surface area contributed by atoms with Crippen molar-refractivity contribution in [2.24, 2.45) is 0 Å². The van der Waals surface area contributed by atoms with Crippen LogP contribution in [-0.2, 0) is 11.3 Å². The molecule has 0 spiro atoms. The summed E-state index contributed by atoms with van der Waals surface area (Å²) < 4.78 is 41.2. The molecule has 0 amide bonds. The van der Waals surface area contributed by atoms with Gasteiger partial charge in [-0.25, -0.2) is 4.79 Å². The SMILES string of the molecule is CCOC(=O)c1nn(CC(F)(F)F)cc1Cl. The Bertz CT molecular complexity index is 389. The average molecular weight is 257 g/mol. The molecule has 1 aromatic heterocycles. The molecule has 1 rings (SSSR count). The van der Waals surface area contributed by atoms with Crippen molar-refractivity contribution >= 4 is 17.6 Å². The van der Waals surface area contributed by atoms with Gasteiger partial charge in [0.25, 0.3) is 0 Å². The fourth-order valence-electron chi connectivity index (χ4n) is 1.000. The summed E-state index contributed by atoms with van der Waals surface area (Å²) in [4.78, 5) is 11.2. The fourth-order valence-corrected chi connectivity index (χ4v) is 1.23. The van der Waals surface area contributed by atoms with E-state index in [2.05, 4.69) is 9.84 Å². The van der Waals surface area contributed by atoms with Crippen LogP contribution >= 0.6 is 11.6 Å². The van der Waals surface area contributed by atoms with Gasteiger partial charge in [0.05, 0.1) is 11.6 Å². The molecule has 0 radical (unpaired) electrons. The van der Waals surface area contributed by atoms with Gasteiger partial charge in [0, 0.05) is 6.20 Å².